The van der Waals surface area contributed by atoms with Gasteiger partial charge in [-0.2, -0.15) is 0 Å². The molecule has 15 aromatic rings. The van der Waals surface area contributed by atoms with Crippen LogP contribution in [0.25, 0.3) is 143 Å². The van der Waals surface area contributed by atoms with Gasteiger partial charge in [-0.15, -0.1) is 0 Å². The first-order valence-electron chi connectivity index (χ1n) is 23.9. The van der Waals surface area contributed by atoms with E-state index < -0.39 is 0 Å². The van der Waals surface area contributed by atoms with Gasteiger partial charge in [0.2, 0.25) is 0 Å². The molecule has 70 heavy (non-hydrogen) atoms. The molecule has 4 aromatic heterocycles. The first kappa shape index (κ1) is 38.7. The fourth-order valence-corrected chi connectivity index (χ4v) is 11.4. The molecular weight excluding hydrogens is 853 g/mol. The van der Waals surface area contributed by atoms with Crippen molar-refractivity contribution in [3.8, 4) is 55.9 Å². The Morgan fingerprint density at radius 2 is 0.643 bits per heavy atom. The smallest absolute Gasteiger partial charge is 0.135 e. The summed E-state index contributed by atoms with van der Waals surface area (Å²) in [7, 11) is 0. The molecular formula is C66H40N2O2. The van der Waals surface area contributed by atoms with Gasteiger partial charge >= 0.3 is 0 Å². The molecule has 326 valence electrons. The van der Waals surface area contributed by atoms with Crippen LogP contribution in [0.3, 0.4) is 0 Å². The molecule has 0 aliphatic heterocycles. The Kier molecular flexibility index (Phi) is 8.33. The van der Waals surface area contributed by atoms with E-state index in [2.05, 4.69) is 228 Å². The zero-order chi connectivity index (χ0) is 45.9. The summed E-state index contributed by atoms with van der Waals surface area (Å²) in [6.07, 6.45) is 0. The van der Waals surface area contributed by atoms with Crippen LogP contribution in [0, 0.1) is 0 Å². The summed E-state index contributed by atoms with van der Waals surface area (Å²) in [4.78, 5) is 0. The van der Waals surface area contributed by atoms with Gasteiger partial charge in [0.15, 0.2) is 0 Å². The van der Waals surface area contributed by atoms with Crippen LogP contribution in [0.5, 0.6) is 0 Å². The lowest BCUT2D eigenvalue weighted by molar-refractivity contribution is 0.668. The van der Waals surface area contributed by atoms with Crippen molar-refractivity contribution in [2.24, 2.45) is 0 Å². The largest absolute Gasteiger partial charge is 0.456 e. The third-order valence-electron chi connectivity index (χ3n) is 14.5. The quantitative estimate of drug-likeness (QED) is 0.167. The van der Waals surface area contributed by atoms with E-state index in [1.807, 2.05) is 24.3 Å². The Morgan fingerprint density at radius 3 is 1.13 bits per heavy atom. The molecule has 0 aliphatic carbocycles. The normalized spacial score (nSPS) is 12.0. The highest BCUT2D eigenvalue weighted by molar-refractivity contribution is 6.19. The predicted octanol–water partition coefficient (Wildman–Crippen LogP) is 18.3. The van der Waals surface area contributed by atoms with Crippen LogP contribution >= 0.6 is 0 Å². The summed E-state index contributed by atoms with van der Waals surface area (Å²) >= 11 is 0. The topological polar surface area (TPSA) is 36.1 Å². The van der Waals surface area contributed by atoms with Crippen LogP contribution in [-0.4, -0.2) is 9.13 Å². The van der Waals surface area contributed by atoms with Crippen molar-refractivity contribution in [3.63, 3.8) is 0 Å². The van der Waals surface area contributed by atoms with Crippen molar-refractivity contribution in [3.05, 3.63) is 243 Å². The highest BCUT2D eigenvalue weighted by Gasteiger charge is 2.22. The van der Waals surface area contributed by atoms with Crippen molar-refractivity contribution in [1.82, 2.24) is 9.13 Å². The summed E-state index contributed by atoms with van der Waals surface area (Å²) < 4.78 is 17.5. The van der Waals surface area contributed by atoms with Gasteiger partial charge in [-0.1, -0.05) is 152 Å². The minimum atomic E-state index is 0.886. The van der Waals surface area contributed by atoms with Crippen molar-refractivity contribution >= 4 is 87.5 Å². The minimum absolute atomic E-state index is 0.886. The Hall–Kier alpha value is -9.38. The maximum absolute atomic E-state index is 6.30. The molecule has 15 rings (SSSR count). The van der Waals surface area contributed by atoms with Gasteiger partial charge in [0.1, 0.15) is 22.3 Å². The lowest BCUT2D eigenvalue weighted by Gasteiger charge is -2.11. The standard InChI is InChI=1S/C66H40N2O2/c1-3-14-41(15-4-1)43-28-32-57-55(37-43)65-49(22-12-24-59(65)67(57)47-30-34-63-53(39-47)51-20-7-9-26-61(51)69-63)45-18-11-19-46(36-45)50-23-13-25-60-66(50)56-38-44(42-16-5-2-6-17-42)29-33-58(56)68(60)48-31-35-64-54(40-48)52-21-8-10-27-62(52)70-64/h1-40H. The minimum Gasteiger partial charge on any atom is -0.456 e. The van der Waals surface area contributed by atoms with Gasteiger partial charge in [0.05, 0.1) is 22.1 Å². The number of furan rings is 2. The van der Waals surface area contributed by atoms with E-state index >= 15 is 0 Å². The van der Waals surface area contributed by atoms with Gasteiger partial charge in [0, 0.05) is 54.5 Å². The van der Waals surface area contributed by atoms with Crippen LogP contribution in [-0.2, 0) is 0 Å². The van der Waals surface area contributed by atoms with Crippen LogP contribution in [0.4, 0.5) is 0 Å². The van der Waals surface area contributed by atoms with Crippen LogP contribution in [0.1, 0.15) is 0 Å². The third-order valence-corrected chi connectivity index (χ3v) is 14.5. The van der Waals surface area contributed by atoms with Gasteiger partial charge < -0.3 is 18.0 Å². The Labute approximate surface area is 402 Å². The van der Waals surface area contributed by atoms with Crippen LogP contribution in [0.2, 0.25) is 0 Å². The molecule has 11 aromatic carbocycles. The average molecular weight is 893 g/mol. The number of hydrogen-bond donors (Lipinski definition) is 0. The SMILES string of the molecule is c1ccc(-c2ccc3c(c2)c2c(-c4cccc(-c5cccc6c5c5cc(-c7ccccc7)ccc5n6-c5ccc6oc7ccccc7c6c5)c4)cccc2n3-c2ccc3oc4ccccc4c3c2)cc1. The lowest BCUT2D eigenvalue weighted by atomic mass is 9.93. The molecule has 0 amide bonds. The molecule has 0 radical (unpaired) electrons. The monoisotopic (exact) mass is 892 g/mol. The molecule has 0 bridgehead atoms. The average Bonchev–Trinajstić information content (AvgIpc) is 4.18. The summed E-state index contributed by atoms with van der Waals surface area (Å²) in [5.74, 6) is 0. The first-order valence-corrected chi connectivity index (χ1v) is 23.9. The lowest BCUT2D eigenvalue weighted by Crippen LogP contribution is -1.94. The molecule has 0 atom stereocenters. The Bertz CT molecular complexity index is 4300. The second kappa shape index (κ2) is 15.1. The summed E-state index contributed by atoms with van der Waals surface area (Å²) in [5, 5.41) is 9.29. The van der Waals surface area contributed by atoms with E-state index in [1.165, 1.54) is 54.9 Å². The second-order valence-corrected chi connectivity index (χ2v) is 18.4. The number of benzene rings is 11. The second-order valence-electron chi connectivity index (χ2n) is 18.4. The predicted molar refractivity (Wildman–Crippen MR) is 291 cm³/mol. The number of rotatable bonds is 6. The zero-order valence-electron chi connectivity index (χ0n) is 37.8. The van der Waals surface area contributed by atoms with Gasteiger partial charge in [0.25, 0.3) is 0 Å². The zero-order valence-corrected chi connectivity index (χ0v) is 37.8. The number of nitrogens with zero attached hydrogens (tertiary/aromatic N) is 2. The molecule has 0 aliphatic rings. The molecule has 0 saturated heterocycles. The highest BCUT2D eigenvalue weighted by Crippen LogP contribution is 2.45. The number of para-hydroxylation sites is 2. The maximum atomic E-state index is 6.30. The molecule has 4 heterocycles. The van der Waals surface area contributed by atoms with Crippen molar-refractivity contribution < 1.29 is 8.83 Å². The van der Waals surface area contributed by atoms with E-state index in [1.54, 1.807) is 0 Å². The van der Waals surface area contributed by atoms with E-state index in [9.17, 15) is 0 Å². The first-order chi connectivity index (χ1) is 34.7. The number of fused-ring (bicyclic) bond motifs is 12. The van der Waals surface area contributed by atoms with E-state index in [0.29, 0.717) is 0 Å². The van der Waals surface area contributed by atoms with Gasteiger partial charge in [-0.05, 0) is 136 Å². The van der Waals surface area contributed by atoms with Crippen LogP contribution < -0.4 is 0 Å². The highest BCUT2D eigenvalue weighted by atomic mass is 16.3. The molecule has 0 unspecified atom stereocenters. The fraction of sp³-hybridized carbons (Fsp3) is 0. The van der Waals surface area contributed by atoms with Crippen LogP contribution in [0.15, 0.2) is 251 Å². The van der Waals surface area contributed by atoms with E-state index in [0.717, 1.165) is 88.4 Å². The third kappa shape index (κ3) is 5.84. The molecule has 4 nitrogen and oxygen atoms in total. The van der Waals surface area contributed by atoms with Gasteiger partial charge in [-0.3, -0.25) is 0 Å². The molecule has 0 fully saturated rings. The van der Waals surface area contributed by atoms with E-state index in [4.69, 9.17) is 8.83 Å². The maximum Gasteiger partial charge on any atom is 0.135 e. The number of aromatic nitrogens is 2. The summed E-state index contributed by atoms with van der Waals surface area (Å²) in [6.45, 7) is 0. The molecule has 0 spiro atoms. The molecule has 4 heteroatoms. The Morgan fingerprint density at radius 1 is 0.229 bits per heavy atom. The summed E-state index contributed by atoms with van der Waals surface area (Å²) in [5.41, 5.74) is 19.8. The fourth-order valence-electron chi connectivity index (χ4n) is 11.4. The van der Waals surface area contributed by atoms with Crippen molar-refractivity contribution in [1.29, 1.82) is 0 Å². The Balaban J connectivity index is 0.957. The molecule has 0 saturated carbocycles. The summed E-state index contributed by atoms with van der Waals surface area (Å²) in [6, 6.07) is 87.8. The van der Waals surface area contributed by atoms with Crippen molar-refractivity contribution in [2.45, 2.75) is 0 Å². The van der Waals surface area contributed by atoms with E-state index in [-0.39, 0.29) is 0 Å². The number of hydrogen-bond acceptors (Lipinski definition) is 2. The van der Waals surface area contributed by atoms with Gasteiger partial charge in [-0.25, -0.2) is 0 Å². The molecule has 0 N–H and O–H groups in total. The van der Waals surface area contributed by atoms with Crippen molar-refractivity contribution in [2.75, 3.05) is 0 Å².